The van der Waals surface area contributed by atoms with Gasteiger partial charge < -0.3 is 19.5 Å². The van der Waals surface area contributed by atoms with E-state index >= 15 is 0 Å². The van der Waals surface area contributed by atoms with Gasteiger partial charge in [0.05, 0.1) is 6.10 Å². The van der Waals surface area contributed by atoms with Crippen LogP contribution in [0.2, 0.25) is 0 Å². The van der Waals surface area contributed by atoms with Crippen LogP contribution in [0.15, 0.2) is 0 Å². The van der Waals surface area contributed by atoms with Crippen molar-refractivity contribution in [3.63, 3.8) is 0 Å². The highest BCUT2D eigenvalue weighted by Crippen LogP contribution is 2.69. The molecule has 0 saturated heterocycles. The average molecular weight is 716 g/mol. The van der Waals surface area contributed by atoms with Crippen LogP contribution in [0.5, 0.6) is 0 Å². The van der Waals surface area contributed by atoms with E-state index in [0.29, 0.717) is 24.2 Å². The van der Waals surface area contributed by atoms with Crippen molar-refractivity contribution in [2.75, 3.05) is 13.1 Å². The van der Waals surface area contributed by atoms with Crippen LogP contribution < -0.4 is 0 Å². The van der Waals surface area contributed by atoms with Gasteiger partial charge in [0.1, 0.15) is 12.2 Å². The fourth-order valence-corrected chi connectivity index (χ4v) is 12.0. The van der Waals surface area contributed by atoms with Gasteiger partial charge in [0.15, 0.2) is 0 Å². The number of nitrogens with zero attached hydrogens (tertiary/aromatic N) is 1. The number of rotatable bonds is 20. The summed E-state index contributed by atoms with van der Waals surface area (Å²) in [6.07, 6.45) is 21.7. The maximum Gasteiger partial charge on any atom is 0.302 e. The Bertz CT molecular complexity index is 1100. The molecule has 0 aromatic heterocycles. The number of aliphatic hydroxyl groups excluding tert-OH is 1. The lowest BCUT2D eigenvalue weighted by molar-refractivity contribution is -0.223. The van der Waals surface area contributed by atoms with Crippen LogP contribution >= 0.6 is 0 Å². The Hall–Kier alpha value is -1.63. The van der Waals surface area contributed by atoms with Crippen LogP contribution in [0.25, 0.3) is 0 Å². The van der Waals surface area contributed by atoms with Gasteiger partial charge in [0.2, 0.25) is 5.91 Å². The topological polar surface area (TPSA) is 93.1 Å². The van der Waals surface area contributed by atoms with Crippen molar-refractivity contribution in [3.8, 4) is 0 Å². The van der Waals surface area contributed by atoms with E-state index in [0.717, 1.165) is 77.3 Å². The number of hydrogen-bond acceptors (Lipinski definition) is 6. The number of hydrogen-bond donors (Lipinski definition) is 1. The van der Waals surface area contributed by atoms with Gasteiger partial charge >= 0.3 is 11.9 Å². The number of unbranched alkanes of at least 4 members (excludes halogenated alkanes) is 10. The van der Waals surface area contributed by atoms with E-state index in [1.807, 2.05) is 0 Å². The van der Waals surface area contributed by atoms with Crippen molar-refractivity contribution >= 4 is 17.8 Å². The molecular weight excluding hydrogens is 638 g/mol. The summed E-state index contributed by atoms with van der Waals surface area (Å²) in [5.74, 6) is 1.53. The summed E-state index contributed by atoms with van der Waals surface area (Å²) in [7, 11) is 0. The molecule has 0 unspecified atom stereocenters. The first-order valence-corrected chi connectivity index (χ1v) is 21.7. The van der Waals surface area contributed by atoms with Crippen molar-refractivity contribution in [1.29, 1.82) is 0 Å². The van der Waals surface area contributed by atoms with Crippen molar-refractivity contribution < 1.29 is 29.0 Å². The van der Waals surface area contributed by atoms with Crippen LogP contribution in [0, 0.1) is 46.3 Å². The molecule has 4 fully saturated rings. The summed E-state index contributed by atoms with van der Waals surface area (Å²) in [6, 6.07) is 0. The first-order valence-electron chi connectivity index (χ1n) is 21.7. The Morgan fingerprint density at radius 3 is 1.94 bits per heavy atom. The minimum absolute atomic E-state index is 0.0197. The van der Waals surface area contributed by atoms with Crippen molar-refractivity contribution in [3.05, 3.63) is 0 Å². The van der Waals surface area contributed by atoms with Crippen LogP contribution in [0.3, 0.4) is 0 Å². The van der Waals surface area contributed by atoms with E-state index in [1.165, 1.54) is 71.1 Å². The van der Waals surface area contributed by atoms with Gasteiger partial charge in [-0.15, -0.1) is 0 Å². The van der Waals surface area contributed by atoms with Gasteiger partial charge in [-0.3, -0.25) is 14.4 Å². The molecule has 7 nitrogen and oxygen atoms in total. The van der Waals surface area contributed by atoms with Crippen LogP contribution in [0.4, 0.5) is 0 Å². The zero-order chi connectivity index (χ0) is 37.2. The van der Waals surface area contributed by atoms with Gasteiger partial charge in [-0.2, -0.15) is 0 Å². The molecular formula is C44H77NO6. The third-order valence-electron chi connectivity index (χ3n) is 14.8. The summed E-state index contributed by atoms with van der Waals surface area (Å²) >= 11 is 0. The Morgan fingerprint density at radius 1 is 0.765 bits per heavy atom. The molecule has 11 atom stereocenters. The number of carbonyl (C=O) groups excluding carboxylic acids is 3. The minimum Gasteiger partial charge on any atom is -0.462 e. The summed E-state index contributed by atoms with van der Waals surface area (Å²) in [5, 5.41) is 10.7. The van der Waals surface area contributed by atoms with Crippen molar-refractivity contribution in [2.24, 2.45) is 46.3 Å². The van der Waals surface area contributed by atoms with Crippen LogP contribution in [-0.4, -0.2) is 59.3 Å². The molecule has 51 heavy (non-hydrogen) atoms. The number of esters is 2. The van der Waals surface area contributed by atoms with Crippen molar-refractivity contribution in [1.82, 2.24) is 4.90 Å². The number of aliphatic hydroxyl groups is 1. The first-order chi connectivity index (χ1) is 24.4. The lowest BCUT2D eigenvalue weighted by Gasteiger charge is -2.64. The van der Waals surface area contributed by atoms with E-state index in [-0.39, 0.29) is 64.8 Å². The fourth-order valence-electron chi connectivity index (χ4n) is 12.0. The van der Waals surface area contributed by atoms with Gasteiger partial charge in [-0.1, -0.05) is 98.8 Å². The van der Waals surface area contributed by atoms with E-state index in [4.69, 9.17) is 9.47 Å². The van der Waals surface area contributed by atoms with Crippen LogP contribution in [-0.2, 0) is 23.9 Å². The smallest absolute Gasteiger partial charge is 0.302 e. The van der Waals surface area contributed by atoms with Gasteiger partial charge in [0, 0.05) is 44.7 Å². The third kappa shape index (κ3) is 10.3. The van der Waals surface area contributed by atoms with Gasteiger partial charge in [0.25, 0.3) is 0 Å². The predicted octanol–water partition coefficient (Wildman–Crippen LogP) is 10.1. The molecule has 0 radical (unpaired) electrons. The Morgan fingerprint density at radius 2 is 1.35 bits per heavy atom. The molecule has 0 aliphatic heterocycles. The summed E-state index contributed by atoms with van der Waals surface area (Å²) < 4.78 is 12.6. The molecule has 7 heteroatoms. The lowest BCUT2D eigenvalue weighted by Crippen LogP contribution is -2.63. The molecule has 0 aromatic rings. The first kappa shape index (κ1) is 42.1. The standard InChI is InChI=1S/C44H77NO6/c1-8-10-12-14-16-18-26-45(27-19-17-15-13-11-9-2)41(49)23-20-31(3)36-21-22-37-42-38(30-40(44(36,37)7)51-33(5)47)43(6)25-24-35(48)28-34(43)29-39(42)50-32(4)46/h31,34-40,42,48H,8-30H2,1-7H3/t31-,34+,35-,36-,37+,38+,39-,40+,42+,43+,44-/m1/s1. The molecule has 294 valence electrons. The SMILES string of the molecule is CCCCCCCCN(CCCCCCCC)C(=O)CC[C@@H](C)[C@H]1CC[C@H]2[C@@H]3[C@H](OC(C)=O)C[C@@H]4C[C@H](O)CC[C@]4(C)[C@H]3C[C@H](OC(C)=O)[C@]12C. The fraction of sp³-hybridized carbons (Fsp3) is 0.932. The molecule has 0 bridgehead atoms. The Labute approximate surface area is 312 Å². The molecule has 0 heterocycles. The average Bonchev–Trinajstić information content (AvgIpc) is 3.44. The Kier molecular flexibility index (Phi) is 16.2. The third-order valence-corrected chi connectivity index (χ3v) is 14.8. The molecule has 4 aliphatic rings. The highest BCUT2D eigenvalue weighted by molar-refractivity contribution is 5.76. The maximum absolute atomic E-state index is 13.9. The summed E-state index contributed by atoms with van der Waals surface area (Å²) in [6.45, 7) is 16.4. The molecule has 4 rings (SSSR count). The number of ether oxygens (including phenoxy) is 2. The highest BCUT2D eigenvalue weighted by Gasteiger charge is 2.67. The van der Waals surface area contributed by atoms with Crippen molar-refractivity contribution in [2.45, 2.75) is 202 Å². The molecule has 4 saturated carbocycles. The Balaban J connectivity index is 1.48. The van der Waals surface area contributed by atoms with E-state index in [1.54, 1.807) is 6.92 Å². The monoisotopic (exact) mass is 716 g/mol. The lowest BCUT2D eigenvalue weighted by atomic mass is 9.43. The number of amides is 1. The quantitative estimate of drug-likeness (QED) is 0.0997. The van der Waals surface area contributed by atoms with Gasteiger partial charge in [-0.25, -0.2) is 0 Å². The maximum atomic E-state index is 13.9. The summed E-state index contributed by atoms with van der Waals surface area (Å²) in [5.41, 5.74) is -0.229. The molecule has 4 aliphatic carbocycles. The largest absolute Gasteiger partial charge is 0.462 e. The molecule has 1 N–H and O–H groups in total. The molecule has 0 aromatic carbocycles. The predicted molar refractivity (Wildman–Crippen MR) is 205 cm³/mol. The second kappa shape index (κ2) is 19.6. The zero-order valence-corrected chi connectivity index (χ0v) is 33.9. The van der Waals surface area contributed by atoms with Crippen LogP contribution in [0.1, 0.15) is 183 Å². The van der Waals surface area contributed by atoms with E-state index in [9.17, 15) is 19.5 Å². The minimum atomic E-state index is -0.303. The second-order valence-corrected chi connectivity index (χ2v) is 18.1. The van der Waals surface area contributed by atoms with Gasteiger partial charge in [-0.05, 0) is 99.2 Å². The summed E-state index contributed by atoms with van der Waals surface area (Å²) in [4.78, 5) is 41.3. The molecule has 1 amide bonds. The zero-order valence-electron chi connectivity index (χ0n) is 33.9. The number of fused-ring (bicyclic) bond motifs is 5. The van der Waals surface area contributed by atoms with E-state index in [2.05, 4.69) is 39.5 Å². The second-order valence-electron chi connectivity index (χ2n) is 18.1. The molecule has 0 spiro atoms. The van der Waals surface area contributed by atoms with E-state index < -0.39 is 0 Å². The highest BCUT2D eigenvalue weighted by atomic mass is 16.5. The number of carbonyl (C=O) groups is 3. The normalized spacial score (nSPS) is 34.9.